The second kappa shape index (κ2) is 8.29. The predicted molar refractivity (Wildman–Crippen MR) is 166 cm³/mol. The monoisotopic (exact) mass is 509 g/mol. The number of benzene rings is 5. The van der Waals surface area contributed by atoms with E-state index < -0.39 is 0 Å². The molecule has 0 radical (unpaired) electrons. The zero-order valence-electron chi connectivity index (χ0n) is 23.8. The molecule has 194 valence electrons. The van der Waals surface area contributed by atoms with Gasteiger partial charge in [0, 0.05) is 17.3 Å². The number of nitrogens with zero attached hydrogens (tertiary/aromatic N) is 1. The third kappa shape index (κ3) is 4.05. The number of fused-ring (bicyclic) bond motifs is 6. The minimum Gasteiger partial charge on any atom is -0.456 e. The van der Waals surface area contributed by atoms with E-state index in [9.17, 15) is 0 Å². The van der Waals surface area contributed by atoms with Crippen molar-refractivity contribution in [3.05, 3.63) is 90.1 Å². The van der Waals surface area contributed by atoms with Gasteiger partial charge in [-0.2, -0.15) is 0 Å². The first kappa shape index (κ1) is 24.2. The summed E-state index contributed by atoms with van der Waals surface area (Å²) in [6.45, 7) is 13.8. The van der Waals surface area contributed by atoms with Crippen LogP contribution in [0.3, 0.4) is 0 Å². The molecular weight excluding hydrogens is 474 g/mol. The molecule has 2 heterocycles. The lowest BCUT2D eigenvalue weighted by molar-refractivity contribution is 0.400. The summed E-state index contributed by atoms with van der Waals surface area (Å²) in [5.74, 6) is 1.89. The number of pyridine rings is 1. The molecule has 1 aromatic heterocycles. The molecule has 39 heavy (non-hydrogen) atoms. The third-order valence-corrected chi connectivity index (χ3v) is 7.92. The molecule has 0 unspecified atom stereocenters. The van der Waals surface area contributed by atoms with Gasteiger partial charge in [-0.1, -0.05) is 84.0 Å². The fraction of sp³-hybridized carbons (Fsp3) is 0.270. The quantitative estimate of drug-likeness (QED) is 0.171. The van der Waals surface area contributed by atoms with Crippen LogP contribution in [0.15, 0.2) is 79.0 Å². The van der Waals surface area contributed by atoms with Gasteiger partial charge >= 0.3 is 0 Å². The summed E-state index contributed by atoms with van der Waals surface area (Å²) in [5.41, 5.74) is 5.05. The van der Waals surface area contributed by atoms with Crippen molar-refractivity contribution in [1.29, 1.82) is 0 Å². The van der Waals surface area contributed by atoms with Crippen LogP contribution in [0, 0.1) is 10.8 Å². The van der Waals surface area contributed by atoms with Crippen LogP contribution in [0.4, 0.5) is 0 Å². The van der Waals surface area contributed by atoms with E-state index in [1.807, 2.05) is 6.20 Å². The van der Waals surface area contributed by atoms with Gasteiger partial charge in [-0.25, -0.2) is 0 Å². The number of hydrogen-bond acceptors (Lipinski definition) is 2. The normalized spacial score (nSPS) is 13.3. The Morgan fingerprint density at radius 1 is 0.641 bits per heavy atom. The van der Waals surface area contributed by atoms with E-state index in [-0.39, 0.29) is 10.8 Å². The lowest BCUT2D eigenvalue weighted by Gasteiger charge is -2.28. The Morgan fingerprint density at radius 3 is 2.13 bits per heavy atom. The van der Waals surface area contributed by atoms with E-state index in [0.29, 0.717) is 0 Å². The molecule has 2 nitrogen and oxygen atoms in total. The fourth-order valence-corrected chi connectivity index (χ4v) is 6.42. The molecule has 0 amide bonds. The largest absolute Gasteiger partial charge is 0.456 e. The summed E-state index contributed by atoms with van der Waals surface area (Å²) in [4.78, 5) is 4.99. The molecule has 5 aromatic carbocycles. The topological polar surface area (TPSA) is 22.1 Å². The van der Waals surface area contributed by atoms with E-state index in [1.54, 1.807) is 0 Å². The first-order chi connectivity index (χ1) is 18.6. The number of hydrogen-bond donors (Lipinski definition) is 0. The van der Waals surface area contributed by atoms with Gasteiger partial charge in [0.15, 0.2) is 0 Å². The van der Waals surface area contributed by atoms with Crippen molar-refractivity contribution >= 4 is 43.1 Å². The zero-order chi connectivity index (χ0) is 27.1. The molecule has 0 N–H and O–H groups in total. The second-order valence-electron chi connectivity index (χ2n) is 13.7. The predicted octanol–water partition coefficient (Wildman–Crippen LogP) is 10.6. The van der Waals surface area contributed by atoms with Crippen LogP contribution < -0.4 is 4.74 Å². The molecule has 0 bridgehead atoms. The van der Waals surface area contributed by atoms with Crippen molar-refractivity contribution in [2.24, 2.45) is 10.8 Å². The first-order valence-electron chi connectivity index (χ1n) is 14.1. The summed E-state index contributed by atoms with van der Waals surface area (Å²) in [6, 6.07) is 26.8. The highest BCUT2D eigenvalue weighted by atomic mass is 16.5. The van der Waals surface area contributed by atoms with Crippen LogP contribution in [0.1, 0.15) is 52.7 Å². The summed E-state index contributed by atoms with van der Waals surface area (Å²) in [6.07, 6.45) is 3.90. The van der Waals surface area contributed by atoms with E-state index >= 15 is 0 Å². The van der Waals surface area contributed by atoms with Gasteiger partial charge in [-0.3, -0.25) is 4.98 Å². The Kier molecular flexibility index (Phi) is 5.14. The maximum absolute atomic E-state index is 7.00. The molecular formula is C37H35NO. The fourth-order valence-electron chi connectivity index (χ4n) is 6.42. The van der Waals surface area contributed by atoms with Crippen molar-refractivity contribution < 1.29 is 4.74 Å². The molecule has 1 aliphatic heterocycles. The van der Waals surface area contributed by atoms with Crippen LogP contribution in [-0.2, 0) is 12.8 Å². The van der Waals surface area contributed by atoms with Crippen molar-refractivity contribution in [3.63, 3.8) is 0 Å². The van der Waals surface area contributed by atoms with E-state index in [1.165, 1.54) is 48.8 Å². The van der Waals surface area contributed by atoms with Crippen molar-refractivity contribution in [1.82, 2.24) is 4.98 Å². The highest BCUT2D eigenvalue weighted by molar-refractivity contribution is 6.17. The third-order valence-electron chi connectivity index (χ3n) is 7.92. The summed E-state index contributed by atoms with van der Waals surface area (Å²) >= 11 is 0. The lowest BCUT2D eigenvalue weighted by Crippen LogP contribution is -2.12. The van der Waals surface area contributed by atoms with Crippen LogP contribution >= 0.6 is 0 Å². The highest BCUT2D eigenvalue weighted by Gasteiger charge is 2.29. The Labute approximate surface area is 230 Å². The summed E-state index contributed by atoms with van der Waals surface area (Å²) in [5, 5.41) is 9.91. The van der Waals surface area contributed by atoms with Gasteiger partial charge in [0.25, 0.3) is 0 Å². The highest BCUT2D eigenvalue weighted by Crippen LogP contribution is 2.52. The molecule has 0 aliphatic carbocycles. The van der Waals surface area contributed by atoms with E-state index in [2.05, 4.69) is 114 Å². The maximum atomic E-state index is 7.00. The van der Waals surface area contributed by atoms with Gasteiger partial charge in [-0.05, 0) is 97.3 Å². The minimum absolute atomic E-state index is 0.0973. The van der Waals surface area contributed by atoms with E-state index in [0.717, 1.165) is 41.0 Å². The van der Waals surface area contributed by atoms with Crippen LogP contribution in [-0.4, -0.2) is 4.98 Å². The van der Waals surface area contributed by atoms with Crippen LogP contribution in [0.25, 0.3) is 54.3 Å². The zero-order valence-corrected chi connectivity index (χ0v) is 23.8. The molecule has 1 aliphatic rings. The molecule has 6 aromatic rings. The Hall–Kier alpha value is -3.91. The summed E-state index contributed by atoms with van der Waals surface area (Å²) < 4.78 is 7.00. The average Bonchev–Trinajstić information content (AvgIpc) is 2.87. The Balaban J connectivity index is 1.57. The van der Waals surface area contributed by atoms with Gasteiger partial charge in [-0.15, -0.1) is 0 Å². The molecule has 0 fully saturated rings. The number of ether oxygens (including phenoxy) is 1. The first-order valence-corrected chi connectivity index (χ1v) is 14.1. The molecule has 0 atom stereocenters. The smallest absolute Gasteiger partial charge is 0.140 e. The van der Waals surface area contributed by atoms with Crippen molar-refractivity contribution in [2.75, 3.05) is 0 Å². The SMILES string of the molecule is CC(C)(C)Cc1c2c(cc3cc4ccccc4cc13)-c1nccc3c1c(cc1c(CC(C)(C)C)cccc13)O2. The molecule has 2 heteroatoms. The van der Waals surface area contributed by atoms with Gasteiger partial charge < -0.3 is 4.74 Å². The lowest BCUT2D eigenvalue weighted by atomic mass is 9.82. The van der Waals surface area contributed by atoms with Crippen molar-refractivity contribution in [2.45, 2.75) is 54.4 Å². The van der Waals surface area contributed by atoms with Gasteiger partial charge in [0.1, 0.15) is 11.5 Å². The molecule has 7 rings (SSSR count). The maximum Gasteiger partial charge on any atom is 0.140 e. The molecule has 0 spiro atoms. The van der Waals surface area contributed by atoms with Crippen LogP contribution in [0.5, 0.6) is 11.5 Å². The van der Waals surface area contributed by atoms with Crippen LogP contribution in [0.2, 0.25) is 0 Å². The standard InChI is InChI=1S/C37H35NO/c1-36(2,3)20-24-12-9-13-26-27-14-15-38-34-30-18-25-16-22-10-7-8-11-23(22)17-28(25)31(21-37(4,5)6)35(30)39-32(33(27)34)19-29(24)26/h7-19H,20-21H2,1-6H3. The second-order valence-corrected chi connectivity index (χ2v) is 13.7. The molecule has 0 saturated heterocycles. The van der Waals surface area contributed by atoms with Crippen molar-refractivity contribution in [3.8, 4) is 22.8 Å². The Morgan fingerprint density at radius 2 is 1.38 bits per heavy atom. The number of aromatic nitrogens is 1. The van der Waals surface area contributed by atoms with E-state index in [4.69, 9.17) is 9.72 Å². The minimum atomic E-state index is 0.0973. The van der Waals surface area contributed by atoms with Gasteiger partial charge in [0.05, 0.1) is 11.1 Å². The Bertz CT molecular complexity index is 1950. The average molecular weight is 510 g/mol. The molecule has 0 saturated carbocycles. The van der Waals surface area contributed by atoms with Gasteiger partial charge in [0.2, 0.25) is 0 Å². The summed E-state index contributed by atoms with van der Waals surface area (Å²) in [7, 11) is 0. The number of rotatable bonds is 2.